The first-order valence-corrected chi connectivity index (χ1v) is 4.49. The highest BCUT2D eigenvalue weighted by molar-refractivity contribution is 5.37. The highest BCUT2D eigenvalue weighted by atomic mass is 14.1. The first-order chi connectivity index (χ1) is 7.89. The van der Waals surface area contributed by atoms with E-state index in [9.17, 15) is 0 Å². The van der Waals surface area contributed by atoms with Crippen molar-refractivity contribution < 1.29 is 6.85 Å². The van der Waals surface area contributed by atoms with E-state index in [1.54, 1.807) is 32.9 Å². The van der Waals surface area contributed by atoms with E-state index >= 15 is 0 Å². The van der Waals surface area contributed by atoms with Gasteiger partial charge in [0.25, 0.3) is 0 Å². The molecule has 0 aliphatic carbocycles. The molecule has 0 radical (unpaired) electrons. The van der Waals surface area contributed by atoms with E-state index in [1.807, 2.05) is 6.07 Å². The lowest BCUT2D eigenvalue weighted by atomic mass is 9.90. The van der Waals surface area contributed by atoms with Gasteiger partial charge in [-0.25, -0.2) is 0 Å². The SMILES string of the molecule is [2H]C(C)(C)c1cccc(C([2H])(C)C([2H])([2H])[2H])c1C. The smallest absolute Gasteiger partial charge is 0.0347 e. The Balaban J connectivity index is 3.46. The summed E-state index contributed by atoms with van der Waals surface area (Å²) in [6.45, 7) is 4.33. The number of hydrogen-bond donors (Lipinski definition) is 0. The summed E-state index contributed by atoms with van der Waals surface area (Å²) in [5, 5.41) is 0. The molecular formula is C13H20. The normalized spacial score (nSPS) is 23.2. The van der Waals surface area contributed by atoms with Crippen LogP contribution in [0.5, 0.6) is 0 Å². The first-order valence-electron chi connectivity index (χ1n) is 6.99. The number of hydrogen-bond acceptors (Lipinski definition) is 0. The van der Waals surface area contributed by atoms with Gasteiger partial charge in [-0.2, -0.15) is 0 Å². The van der Waals surface area contributed by atoms with E-state index in [0.717, 1.165) is 11.1 Å². The third-order valence-electron chi connectivity index (χ3n) is 2.28. The van der Waals surface area contributed by atoms with Crippen LogP contribution in [0.1, 0.15) is 63.0 Å². The van der Waals surface area contributed by atoms with Gasteiger partial charge in [0.2, 0.25) is 0 Å². The summed E-state index contributed by atoms with van der Waals surface area (Å²) in [6, 6.07) is 5.22. The van der Waals surface area contributed by atoms with Crippen molar-refractivity contribution in [3.63, 3.8) is 0 Å². The molecule has 1 atom stereocenters. The summed E-state index contributed by atoms with van der Waals surface area (Å²) < 4.78 is 38.7. The van der Waals surface area contributed by atoms with Gasteiger partial charge in [-0.05, 0) is 35.4 Å². The molecule has 0 spiro atoms. The van der Waals surface area contributed by atoms with Crippen molar-refractivity contribution in [3.8, 4) is 0 Å². The molecule has 0 aliphatic rings. The Kier molecular flexibility index (Phi) is 1.58. The minimum absolute atomic E-state index is 0.473. The van der Waals surface area contributed by atoms with E-state index in [1.165, 1.54) is 6.92 Å². The average Bonchev–Trinajstić information content (AvgIpc) is 2.13. The lowest BCUT2D eigenvalue weighted by Crippen LogP contribution is -1.98. The Morgan fingerprint density at radius 1 is 1.15 bits per heavy atom. The second-order valence-electron chi connectivity index (χ2n) is 3.60. The maximum atomic E-state index is 8.14. The van der Waals surface area contributed by atoms with Crippen LogP contribution in [0, 0.1) is 6.92 Å². The predicted octanol–water partition coefficient (Wildman–Crippen LogP) is 4.24. The van der Waals surface area contributed by atoms with Crippen molar-refractivity contribution in [3.05, 3.63) is 34.9 Å². The van der Waals surface area contributed by atoms with Crippen LogP contribution >= 0.6 is 0 Å². The quantitative estimate of drug-likeness (QED) is 0.640. The number of rotatable bonds is 2. The fourth-order valence-electron chi connectivity index (χ4n) is 1.58. The van der Waals surface area contributed by atoms with Gasteiger partial charge in [-0.15, -0.1) is 0 Å². The van der Waals surface area contributed by atoms with E-state index in [0.29, 0.717) is 5.56 Å². The number of benzene rings is 1. The molecular weight excluding hydrogens is 156 g/mol. The van der Waals surface area contributed by atoms with Crippen LogP contribution in [0.2, 0.25) is 0 Å². The third kappa shape index (κ3) is 2.12. The Morgan fingerprint density at radius 3 is 2.15 bits per heavy atom. The fraction of sp³-hybridized carbons (Fsp3) is 0.538. The molecule has 1 rings (SSSR count). The van der Waals surface area contributed by atoms with Crippen molar-refractivity contribution in [1.29, 1.82) is 0 Å². The summed E-state index contributed by atoms with van der Waals surface area (Å²) in [5.41, 5.74) is 1.97. The van der Waals surface area contributed by atoms with Gasteiger partial charge in [-0.3, -0.25) is 0 Å². The maximum Gasteiger partial charge on any atom is 0.0347 e. The molecule has 0 saturated carbocycles. The Labute approximate surface area is 89.0 Å². The zero-order valence-corrected chi connectivity index (χ0v) is 8.73. The molecule has 0 aliphatic heterocycles. The van der Waals surface area contributed by atoms with E-state index in [2.05, 4.69) is 0 Å². The molecule has 1 unspecified atom stereocenters. The highest BCUT2D eigenvalue weighted by Gasteiger charge is 2.08. The Hall–Kier alpha value is -0.780. The summed E-state index contributed by atoms with van der Waals surface area (Å²) in [7, 11) is 0. The van der Waals surface area contributed by atoms with Crippen LogP contribution in [-0.2, 0) is 0 Å². The van der Waals surface area contributed by atoms with Crippen LogP contribution in [0.25, 0.3) is 0 Å². The molecule has 0 amide bonds. The molecule has 0 saturated heterocycles. The van der Waals surface area contributed by atoms with Gasteiger partial charge in [0, 0.05) is 6.85 Å². The second-order valence-corrected chi connectivity index (χ2v) is 3.60. The van der Waals surface area contributed by atoms with Gasteiger partial charge in [0.15, 0.2) is 0 Å². The minimum atomic E-state index is -2.39. The summed E-state index contributed by atoms with van der Waals surface area (Å²) >= 11 is 0. The van der Waals surface area contributed by atoms with Gasteiger partial charge in [0.1, 0.15) is 0 Å². The Morgan fingerprint density at radius 2 is 1.69 bits per heavy atom. The van der Waals surface area contributed by atoms with E-state index < -0.39 is 18.6 Å². The lowest BCUT2D eigenvalue weighted by molar-refractivity contribution is 0.817. The minimum Gasteiger partial charge on any atom is -0.0617 e. The van der Waals surface area contributed by atoms with Gasteiger partial charge < -0.3 is 0 Å². The molecule has 0 N–H and O–H groups in total. The average molecular weight is 181 g/mol. The van der Waals surface area contributed by atoms with Crippen LogP contribution in [0.15, 0.2) is 18.2 Å². The van der Waals surface area contributed by atoms with Gasteiger partial charge >= 0.3 is 0 Å². The predicted molar refractivity (Wildman–Crippen MR) is 59.4 cm³/mol. The first kappa shape index (κ1) is 5.19. The van der Waals surface area contributed by atoms with Crippen molar-refractivity contribution in [2.24, 2.45) is 0 Å². The lowest BCUT2D eigenvalue weighted by Gasteiger charge is -2.16. The topological polar surface area (TPSA) is 0 Å². The van der Waals surface area contributed by atoms with Crippen molar-refractivity contribution >= 4 is 0 Å². The monoisotopic (exact) mass is 181 g/mol. The van der Waals surface area contributed by atoms with E-state index in [4.69, 9.17) is 6.85 Å². The highest BCUT2D eigenvalue weighted by Crippen LogP contribution is 2.26. The van der Waals surface area contributed by atoms with Crippen LogP contribution in [-0.4, -0.2) is 0 Å². The zero-order chi connectivity index (χ0) is 14.4. The van der Waals surface area contributed by atoms with Crippen LogP contribution in [0.4, 0.5) is 0 Å². The van der Waals surface area contributed by atoms with Crippen LogP contribution in [0.3, 0.4) is 0 Å². The molecule has 1 aromatic rings. The van der Waals surface area contributed by atoms with E-state index in [-0.39, 0.29) is 0 Å². The van der Waals surface area contributed by atoms with Crippen LogP contribution < -0.4 is 0 Å². The summed E-state index contributed by atoms with van der Waals surface area (Å²) in [6.07, 6.45) is 0. The molecule has 0 aromatic heterocycles. The molecule has 0 heterocycles. The zero-order valence-electron chi connectivity index (χ0n) is 13.7. The third-order valence-corrected chi connectivity index (χ3v) is 2.28. The fourth-order valence-corrected chi connectivity index (χ4v) is 1.58. The van der Waals surface area contributed by atoms with Crippen molar-refractivity contribution in [2.45, 2.75) is 46.3 Å². The van der Waals surface area contributed by atoms with Gasteiger partial charge in [0.05, 0.1) is 0 Å². The molecule has 72 valence electrons. The largest absolute Gasteiger partial charge is 0.0617 e. The summed E-state index contributed by atoms with van der Waals surface area (Å²) in [4.78, 5) is 0. The summed E-state index contributed by atoms with van der Waals surface area (Å²) in [5.74, 6) is -2.46. The molecule has 0 bridgehead atoms. The van der Waals surface area contributed by atoms with Crippen molar-refractivity contribution in [1.82, 2.24) is 0 Å². The molecule has 0 fully saturated rings. The molecule has 0 nitrogen and oxygen atoms in total. The molecule has 0 heteroatoms. The molecule has 1 aromatic carbocycles. The maximum absolute atomic E-state index is 8.14. The molecule has 13 heavy (non-hydrogen) atoms. The van der Waals surface area contributed by atoms with Gasteiger partial charge in [-0.1, -0.05) is 45.8 Å². The van der Waals surface area contributed by atoms with Crippen molar-refractivity contribution in [2.75, 3.05) is 0 Å². The standard InChI is InChI=1S/C13H20/c1-9(2)12-7-6-8-13(10(3)4)11(12)5/h6-10H,1-5H3/i1D3,9D,10D. The second kappa shape index (κ2) is 3.95. The Bertz CT molecular complexity index is 438.